The lowest BCUT2D eigenvalue weighted by Crippen LogP contribution is -2.35. The summed E-state index contributed by atoms with van der Waals surface area (Å²) in [6.07, 6.45) is 10.5. The van der Waals surface area contributed by atoms with Crippen LogP contribution < -0.4 is 5.43 Å². The molecule has 3 nitrogen and oxygen atoms in total. The van der Waals surface area contributed by atoms with Gasteiger partial charge in [-0.2, -0.15) is 0 Å². The van der Waals surface area contributed by atoms with Gasteiger partial charge >= 0.3 is 0 Å². The number of hydrogen-bond donors (Lipinski definition) is 1. The molecule has 1 fully saturated rings. The van der Waals surface area contributed by atoms with Crippen LogP contribution in [-0.2, 0) is 0 Å². The van der Waals surface area contributed by atoms with Crippen molar-refractivity contribution in [3.05, 3.63) is 24.4 Å². The summed E-state index contributed by atoms with van der Waals surface area (Å²) in [6, 6.07) is 0. The number of allylic oxidation sites excluding steroid dienone is 2. The molecular weight excluding hydrogens is 150 g/mol. The molecule has 12 heavy (non-hydrogen) atoms. The van der Waals surface area contributed by atoms with Gasteiger partial charge in [0.25, 0.3) is 0 Å². The van der Waals surface area contributed by atoms with Gasteiger partial charge in [0.2, 0.25) is 0 Å². The van der Waals surface area contributed by atoms with Crippen molar-refractivity contribution in [1.82, 2.24) is 15.3 Å². The van der Waals surface area contributed by atoms with Gasteiger partial charge in [-0.05, 0) is 18.6 Å². The normalized spacial score (nSPS) is 34.3. The van der Waals surface area contributed by atoms with E-state index in [0.717, 1.165) is 6.42 Å². The van der Waals surface area contributed by atoms with Crippen molar-refractivity contribution >= 4 is 0 Å². The number of nitrogens with zero attached hydrogens (tertiary/aromatic N) is 2. The van der Waals surface area contributed by atoms with Crippen molar-refractivity contribution in [3.63, 3.8) is 0 Å². The largest absolute Gasteiger partial charge is 0.341 e. The zero-order chi connectivity index (χ0) is 8.55. The van der Waals surface area contributed by atoms with E-state index in [0.29, 0.717) is 12.3 Å². The van der Waals surface area contributed by atoms with Crippen LogP contribution in [-0.4, -0.2) is 29.3 Å². The van der Waals surface area contributed by atoms with Crippen LogP contribution in [0.5, 0.6) is 0 Å². The fraction of sp³-hybridized carbons (Fsp3) is 0.556. The molecule has 0 aromatic carbocycles. The zero-order valence-corrected chi connectivity index (χ0v) is 7.57. The minimum atomic E-state index is 0.403. The van der Waals surface area contributed by atoms with E-state index in [4.69, 9.17) is 0 Å². The molecule has 0 aliphatic carbocycles. The van der Waals surface area contributed by atoms with E-state index in [1.165, 1.54) is 0 Å². The molecule has 1 saturated heterocycles. The molecule has 2 atom stereocenters. The predicted octanol–water partition coefficient (Wildman–Crippen LogP) is 0.884. The van der Waals surface area contributed by atoms with E-state index < -0.39 is 0 Å². The van der Waals surface area contributed by atoms with Crippen molar-refractivity contribution in [2.75, 3.05) is 7.05 Å². The van der Waals surface area contributed by atoms with E-state index in [1.807, 2.05) is 0 Å². The van der Waals surface area contributed by atoms with Gasteiger partial charge in [0.15, 0.2) is 0 Å². The van der Waals surface area contributed by atoms with Crippen LogP contribution in [0, 0.1) is 0 Å². The van der Waals surface area contributed by atoms with Crippen LogP contribution in [0.3, 0.4) is 0 Å². The second-order valence-corrected chi connectivity index (χ2v) is 3.25. The molecule has 0 spiro atoms. The van der Waals surface area contributed by atoms with Crippen LogP contribution in [0.1, 0.15) is 13.3 Å². The van der Waals surface area contributed by atoms with E-state index >= 15 is 0 Å². The number of hydrogen-bond acceptors (Lipinski definition) is 3. The first-order valence-electron chi connectivity index (χ1n) is 4.44. The summed E-state index contributed by atoms with van der Waals surface area (Å²) in [5.41, 5.74) is 3.40. The van der Waals surface area contributed by atoms with Crippen LogP contribution in [0.25, 0.3) is 0 Å². The molecule has 0 saturated carbocycles. The second-order valence-electron chi connectivity index (χ2n) is 3.25. The Morgan fingerprint density at radius 1 is 1.42 bits per heavy atom. The third-order valence-corrected chi connectivity index (χ3v) is 2.45. The summed E-state index contributed by atoms with van der Waals surface area (Å²) in [6.45, 7) is 2.19. The predicted molar refractivity (Wildman–Crippen MR) is 48.9 cm³/mol. The van der Waals surface area contributed by atoms with E-state index in [1.54, 1.807) is 0 Å². The van der Waals surface area contributed by atoms with E-state index in [2.05, 4.69) is 53.7 Å². The lowest BCUT2D eigenvalue weighted by molar-refractivity contribution is 0.221. The monoisotopic (exact) mass is 165 g/mol. The van der Waals surface area contributed by atoms with E-state index in [-0.39, 0.29) is 0 Å². The quantitative estimate of drug-likeness (QED) is 0.622. The van der Waals surface area contributed by atoms with Gasteiger partial charge in [-0.25, -0.2) is 10.4 Å². The zero-order valence-electron chi connectivity index (χ0n) is 7.57. The molecule has 2 rings (SSSR count). The topological polar surface area (TPSA) is 18.5 Å². The summed E-state index contributed by atoms with van der Waals surface area (Å²) in [5, 5.41) is 2.15. The Kier molecular flexibility index (Phi) is 1.90. The molecule has 0 aromatic heterocycles. The number of rotatable bonds is 1. The Bertz CT molecular complexity index is 222. The SMILES string of the molecule is CCC1NN(C)C2C=CC=CN12. The molecule has 2 aliphatic rings. The van der Waals surface area contributed by atoms with Gasteiger partial charge in [-0.3, -0.25) is 0 Å². The lowest BCUT2D eigenvalue weighted by Gasteiger charge is -2.26. The highest BCUT2D eigenvalue weighted by atomic mass is 15.7. The molecule has 0 radical (unpaired) electrons. The molecule has 0 aromatic rings. The smallest absolute Gasteiger partial charge is 0.115 e. The Hall–Kier alpha value is -0.800. The number of fused-ring (bicyclic) bond motifs is 1. The van der Waals surface area contributed by atoms with Crippen molar-refractivity contribution in [2.24, 2.45) is 0 Å². The number of nitrogens with one attached hydrogen (secondary N) is 1. The minimum Gasteiger partial charge on any atom is -0.341 e. The van der Waals surface area contributed by atoms with E-state index in [9.17, 15) is 0 Å². The average Bonchev–Trinajstić information content (AvgIpc) is 2.44. The molecule has 2 aliphatic heterocycles. The molecule has 1 N–H and O–H groups in total. The van der Waals surface area contributed by atoms with Gasteiger partial charge in [-0.15, -0.1) is 0 Å². The van der Waals surface area contributed by atoms with Crippen LogP contribution in [0.2, 0.25) is 0 Å². The highest BCUT2D eigenvalue weighted by molar-refractivity contribution is 5.14. The first-order chi connectivity index (χ1) is 5.83. The van der Waals surface area contributed by atoms with Gasteiger partial charge < -0.3 is 4.90 Å². The highest BCUT2D eigenvalue weighted by Gasteiger charge is 2.32. The molecule has 2 heterocycles. The van der Waals surface area contributed by atoms with Crippen LogP contribution in [0.4, 0.5) is 0 Å². The summed E-state index contributed by atoms with van der Waals surface area (Å²) < 4.78 is 0. The van der Waals surface area contributed by atoms with Gasteiger partial charge in [0.05, 0.1) is 6.17 Å². The van der Waals surface area contributed by atoms with Gasteiger partial charge in [-0.1, -0.05) is 13.0 Å². The average molecular weight is 165 g/mol. The molecule has 0 amide bonds. The van der Waals surface area contributed by atoms with Crippen LogP contribution in [0.15, 0.2) is 24.4 Å². The standard InChI is InChI=1S/C9H15N3/c1-3-8-10-11(2)9-6-4-5-7-12(8)9/h4-10H,3H2,1-2H3. The van der Waals surface area contributed by atoms with Gasteiger partial charge in [0, 0.05) is 13.2 Å². The molecule has 2 unspecified atom stereocenters. The molecular formula is C9H15N3. The van der Waals surface area contributed by atoms with Gasteiger partial charge in [0.1, 0.15) is 6.17 Å². The number of likely N-dealkylation sites (N-methyl/N-ethyl adjacent to an activating group) is 1. The van der Waals surface area contributed by atoms with Crippen LogP contribution >= 0.6 is 0 Å². The highest BCUT2D eigenvalue weighted by Crippen LogP contribution is 2.20. The lowest BCUT2D eigenvalue weighted by atomic mass is 10.2. The maximum atomic E-state index is 3.40. The summed E-state index contributed by atoms with van der Waals surface area (Å²) in [4.78, 5) is 2.33. The Morgan fingerprint density at radius 2 is 2.25 bits per heavy atom. The van der Waals surface area contributed by atoms with Crippen molar-refractivity contribution in [1.29, 1.82) is 0 Å². The fourth-order valence-corrected chi connectivity index (χ4v) is 1.80. The fourth-order valence-electron chi connectivity index (χ4n) is 1.80. The first-order valence-corrected chi connectivity index (χ1v) is 4.44. The summed E-state index contributed by atoms with van der Waals surface area (Å²) >= 11 is 0. The third-order valence-electron chi connectivity index (χ3n) is 2.45. The van der Waals surface area contributed by atoms with Crippen molar-refractivity contribution in [2.45, 2.75) is 25.7 Å². The molecule has 66 valence electrons. The first kappa shape index (κ1) is 7.83. The summed E-state index contributed by atoms with van der Waals surface area (Å²) in [5.74, 6) is 0. The maximum absolute atomic E-state index is 3.40. The number of hydrazine groups is 1. The van der Waals surface area contributed by atoms with Crippen molar-refractivity contribution in [3.8, 4) is 0 Å². The molecule has 0 bridgehead atoms. The Labute approximate surface area is 73.3 Å². The Morgan fingerprint density at radius 3 is 3.00 bits per heavy atom. The summed E-state index contributed by atoms with van der Waals surface area (Å²) in [7, 11) is 2.08. The maximum Gasteiger partial charge on any atom is 0.115 e. The molecule has 3 heteroatoms. The third kappa shape index (κ3) is 1.06. The minimum absolute atomic E-state index is 0.403. The van der Waals surface area contributed by atoms with Crippen molar-refractivity contribution < 1.29 is 0 Å². The second kappa shape index (κ2) is 2.92. The Balaban J connectivity index is 2.18.